The van der Waals surface area contributed by atoms with Crippen molar-refractivity contribution in [3.63, 3.8) is 0 Å². The van der Waals surface area contributed by atoms with E-state index < -0.39 is 46.8 Å². The molecule has 1 aliphatic rings. The van der Waals surface area contributed by atoms with Crippen molar-refractivity contribution in [2.24, 2.45) is 0 Å². The predicted molar refractivity (Wildman–Crippen MR) is 85.0 cm³/mol. The molecular formula is C15H17NO9S. The van der Waals surface area contributed by atoms with E-state index in [2.05, 4.69) is 0 Å². The maximum Gasteiger partial charge on any atom is 0.414 e. The minimum absolute atomic E-state index is 0.0389. The molecule has 1 fully saturated rings. The lowest BCUT2D eigenvalue weighted by molar-refractivity contribution is -0.145. The molecule has 1 aromatic rings. The second-order valence-electron chi connectivity index (χ2n) is 5.53. The van der Waals surface area contributed by atoms with Crippen LogP contribution in [0, 0.1) is 6.92 Å². The average Bonchev–Trinajstić information content (AvgIpc) is 2.89. The van der Waals surface area contributed by atoms with Crippen molar-refractivity contribution >= 4 is 28.1 Å². The number of likely N-dealkylation sites (tertiary alicyclic amines) is 1. The van der Waals surface area contributed by atoms with Crippen LogP contribution >= 0.6 is 0 Å². The highest BCUT2D eigenvalue weighted by Crippen LogP contribution is 2.22. The number of carbonyl (C=O) groups excluding carboxylic acids is 1. The van der Waals surface area contributed by atoms with Crippen LogP contribution in [0.1, 0.15) is 12.0 Å². The molecule has 2 amide bonds. The fourth-order valence-electron chi connectivity index (χ4n) is 2.40. The van der Waals surface area contributed by atoms with Gasteiger partial charge in [-0.15, -0.1) is 0 Å². The summed E-state index contributed by atoms with van der Waals surface area (Å²) in [7, 11) is -4.00. The van der Waals surface area contributed by atoms with Crippen molar-refractivity contribution in [3.05, 3.63) is 29.8 Å². The number of aliphatic carboxylic acids is 1. The van der Waals surface area contributed by atoms with Crippen molar-refractivity contribution in [1.29, 1.82) is 0 Å². The maximum absolute atomic E-state index is 12.0. The van der Waals surface area contributed by atoms with Crippen LogP contribution in [-0.4, -0.2) is 66.9 Å². The lowest BCUT2D eigenvalue weighted by atomic mass is 10.2. The van der Waals surface area contributed by atoms with Crippen LogP contribution in [0.4, 0.5) is 4.79 Å². The number of carboxylic acid groups (broad SMARTS) is 2. The zero-order valence-corrected chi connectivity index (χ0v) is 14.5. The Hall–Kier alpha value is -2.50. The number of benzene rings is 1. The Bertz CT molecular complexity index is 803. The van der Waals surface area contributed by atoms with E-state index in [1.807, 2.05) is 0 Å². The third-order valence-corrected chi connectivity index (χ3v) is 5.03. The Balaban J connectivity index is 1.90. The van der Waals surface area contributed by atoms with E-state index in [1.54, 1.807) is 19.1 Å². The molecule has 0 bridgehead atoms. The van der Waals surface area contributed by atoms with E-state index in [9.17, 15) is 22.8 Å². The van der Waals surface area contributed by atoms with Crippen LogP contribution in [0.25, 0.3) is 0 Å². The van der Waals surface area contributed by atoms with Gasteiger partial charge in [-0.1, -0.05) is 17.7 Å². The van der Waals surface area contributed by atoms with Gasteiger partial charge < -0.3 is 14.9 Å². The van der Waals surface area contributed by atoms with Gasteiger partial charge in [0.2, 0.25) is 0 Å². The molecule has 0 aromatic heterocycles. The van der Waals surface area contributed by atoms with Crippen LogP contribution in [0.3, 0.4) is 0 Å². The van der Waals surface area contributed by atoms with Crippen LogP contribution in [0.2, 0.25) is 0 Å². The third kappa shape index (κ3) is 4.36. The van der Waals surface area contributed by atoms with Gasteiger partial charge in [0.15, 0.2) is 0 Å². The van der Waals surface area contributed by atoms with Gasteiger partial charge >= 0.3 is 12.1 Å². The van der Waals surface area contributed by atoms with E-state index in [1.165, 1.54) is 12.1 Å². The van der Waals surface area contributed by atoms with Gasteiger partial charge in [0, 0.05) is 6.42 Å². The lowest BCUT2D eigenvalue weighted by Gasteiger charge is -2.14. The fourth-order valence-corrected chi connectivity index (χ4v) is 3.30. The van der Waals surface area contributed by atoms with Crippen molar-refractivity contribution in [2.45, 2.75) is 30.4 Å². The van der Waals surface area contributed by atoms with Gasteiger partial charge in [-0.3, -0.25) is 8.98 Å². The number of imide groups is 1. The fraction of sp³-hybridized carbons (Fsp3) is 0.400. The summed E-state index contributed by atoms with van der Waals surface area (Å²) in [6.07, 6.45) is -3.34. The summed E-state index contributed by atoms with van der Waals surface area (Å²) in [6.45, 7) is 1.06. The summed E-state index contributed by atoms with van der Waals surface area (Å²) in [6, 6.07) is 4.44. The Morgan fingerprint density at radius 2 is 1.81 bits per heavy atom. The summed E-state index contributed by atoms with van der Waals surface area (Å²) in [5, 5.41) is 17.9. The van der Waals surface area contributed by atoms with E-state index in [0.717, 1.165) is 5.56 Å². The molecule has 10 nitrogen and oxygen atoms in total. The number of carbonyl (C=O) groups is 3. The minimum Gasteiger partial charge on any atom is -0.480 e. The highest BCUT2D eigenvalue weighted by molar-refractivity contribution is 7.86. The van der Waals surface area contributed by atoms with Crippen LogP contribution < -0.4 is 0 Å². The van der Waals surface area contributed by atoms with E-state index in [0.29, 0.717) is 0 Å². The van der Waals surface area contributed by atoms with Gasteiger partial charge in [-0.05, 0) is 19.1 Å². The Kier molecular flexibility index (Phi) is 5.95. The predicted octanol–water partition coefficient (Wildman–Crippen LogP) is 0.449. The lowest BCUT2D eigenvalue weighted by Crippen LogP contribution is -2.42. The summed E-state index contributed by atoms with van der Waals surface area (Å²) in [4.78, 5) is 34.1. The summed E-state index contributed by atoms with van der Waals surface area (Å²) < 4.78 is 33.9. The average molecular weight is 387 g/mol. The highest BCUT2D eigenvalue weighted by Gasteiger charge is 2.47. The van der Waals surface area contributed by atoms with Gasteiger partial charge in [0.25, 0.3) is 16.0 Å². The first-order chi connectivity index (χ1) is 12.1. The molecule has 1 aromatic carbocycles. The first-order valence-electron chi connectivity index (χ1n) is 7.50. The molecule has 26 heavy (non-hydrogen) atoms. The van der Waals surface area contributed by atoms with Gasteiger partial charge in [0.05, 0.1) is 18.1 Å². The number of rotatable bonds is 7. The molecule has 0 radical (unpaired) electrons. The molecule has 2 rings (SSSR count). The number of hydrogen-bond donors (Lipinski definition) is 2. The number of amides is 2. The summed E-state index contributed by atoms with van der Waals surface area (Å²) in [5.41, 5.74) is 0.878. The Morgan fingerprint density at radius 3 is 2.31 bits per heavy atom. The number of carboxylic acids is 1. The molecule has 2 N–H and O–H groups in total. The molecule has 0 saturated carbocycles. The number of nitrogens with zero attached hydrogens (tertiary/aromatic N) is 1. The second kappa shape index (κ2) is 7.81. The molecule has 2 atom stereocenters. The Morgan fingerprint density at radius 1 is 1.19 bits per heavy atom. The summed E-state index contributed by atoms with van der Waals surface area (Å²) in [5.74, 6) is -2.48. The Labute approximate surface area is 149 Å². The molecule has 2 unspecified atom stereocenters. The SMILES string of the molecule is Cc1ccc(S(=O)(=O)OCCOC2CC(C(=O)O)N(C(=O)O)C2=O)cc1. The molecule has 11 heteroatoms. The third-order valence-electron chi connectivity index (χ3n) is 3.70. The van der Waals surface area contributed by atoms with Gasteiger partial charge in [-0.2, -0.15) is 8.42 Å². The highest BCUT2D eigenvalue weighted by atomic mass is 32.2. The van der Waals surface area contributed by atoms with Crippen LogP contribution in [-0.2, 0) is 28.6 Å². The van der Waals surface area contributed by atoms with Crippen molar-refractivity contribution < 1.29 is 41.9 Å². The topological polar surface area (TPSA) is 148 Å². The molecule has 1 heterocycles. The zero-order valence-electron chi connectivity index (χ0n) is 13.7. The minimum atomic E-state index is -4.00. The number of hydrogen-bond acceptors (Lipinski definition) is 7. The second-order valence-corrected chi connectivity index (χ2v) is 7.14. The monoisotopic (exact) mass is 387 g/mol. The number of ether oxygens (including phenoxy) is 1. The molecule has 1 saturated heterocycles. The van der Waals surface area contributed by atoms with Gasteiger partial charge in [0.1, 0.15) is 12.1 Å². The van der Waals surface area contributed by atoms with Crippen molar-refractivity contribution in [2.75, 3.05) is 13.2 Å². The first-order valence-corrected chi connectivity index (χ1v) is 8.91. The largest absolute Gasteiger partial charge is 0.480 e. The first kappa shape index (κ1) is 19.8. The molecule has 142 valence electrons. The van der Waals surface area contributed by atoms with Crippen molar-refractivity contribution in [1.82, 2.24) is 4.90 Å². The normalized spacial score (nSPS) is 20.3. The molecule has 1 aliphatic heterocycles. The van der Waals surface area contributed by atoms with Crippen molar-refractivity contribution in [3.8, 4) is 0 Å². The van der Waals surface area contributed by atoms with E-state index in [-0.39, 0.29) is 22.8 Å². The molecular weight excluding hydrogens is 370 g/mol. The smallest absolute Gasteiger partial charge is 0.414 e. The zero-order chi connectivity index (χ0) is 19.5. The molecule has 0 spiro atoms. The molecule has 0 aliphatic carbocycles. The van der Waals surface area contributed by atoms with Gasteiger partial charge in [-0.25, -0.2) is 14.5 Å². The maximum atomic E-state index is 12.0. The van der Waals surface area contributed by atoms with E-state index >= 15 is 0 Å². The van der Waals surface area contributed by atoms with Crippen LogP contribution in [0.5, 0.6) is 0 Å². The quantitative estimate of drug-likeness (QED) is 0.502. The van der Waals surface area contributed by atoms with Crippen LogP contribution in [0.15, 0.2) is 29.2 Å². The van der Waals surface area contributed by atoms with E-state index in [4.69, 9.17) is 19.1 Å². The standard InChI is InChI=1S/C15H17NO9S/c1-9-2-4-10(5-3-9)26(22,23)25-7-6-24-12-8-11(14(18)19)16(13(12)17)15(20)21/h2-5,11-12H,6-8H2,1H3,(H,18,19)(H,20,21). The summed E-state index contributed by atoms with van der Waals surface area (Å²) >= 11 is 0. The number of aryl methyl sites for hydroxylation is 1.